The van der Waals surface area contributed by atoms with Crippen LogP contribution < -0.4 is 5.56 Å². The standard InChI is InChI=1S/C19H27N5O2S/c1-4-22-17(25)16(18(26)23(5-2)19(22)27)13(3)21-15-11-12-20-24(15)14-9-7-6-8-10-14/h11-12,14,25H,4-10H2,1-3H3. The van der Waals surface area contributed by atoms with Gasteiger partial charge >= 0.3 is 0 Å². The van der Waals surface area contributed by atoms with Crippen molar-refractivity contribution in [1.29, 1.82) is 0 Å². The molecular formula is C19H27N5O2S. The van der Waals surface area contributed by atoms with Crippen LogP contribution in [0.25, 0.3) is 0 Å². The molecule has 8 heteroatoms. The third-order valence-corrected chi connectivity index (χ3v) is 5.69. The molecule has 146 valence electrons. The number of rotatable bonds is 5. The number of aromatic hydroxyl groups is 1. The molecule has 0 aliphatic heterocycles. The quantitative estimate of drug-likeness (QED) is 0.620. The molecule has 1 aliphatic rings. The molecule has 0 spiro atoms. The predicted octanol–water partition coefficient (Wildman–Crippen LogP) is 3.97. The van der Waals surface area contributed by atoms with Crippen LogP contribution in [-0.4, -0.2) is 29.7 Å². The average molecular weight is 390 g/mol. The van der Waals surface area contributed by atoms with Gasteiger partial charge in [0.05, 0.1) is 18.0 Å². The molecule has 7 nitrogen and oxygen atoms in total. The molecule has 0 saturated heterocycles. The zero-order valence-electron chi connectivity index (χ0n) is 16.2. The Kier molecular flexibility index (Phi) is 5.94. The summed E-state index contributed by atoms with van der Waals surface area (Å²) in [4.78, 5) is 17.5. The Labute approximate surface area is 164 Å². The average Bonchev–Trinajstić information content (AvgIpc) is 3.11. The molecule has 0 aromatic carbocycles. The van der Waals surface area contributed by atoms with Gasteiger partial charge < -0.3 is 5.11 Å². The van der Waals surface area contributed by atoms with Crippen molar-refractivity contribution in [3.63, 3.8) is 0 Å². The van der Waals surface area contributed by atoms with Gasteiger partial charge in [-0.1, -0.05) is 19.3 Å². The van der Waals surface area contributed by atoms with E-state index in [-0.39, 0.29) is 17.0 Å². The smallest absolute Gasteiger partial charge is 0.267 e. The van der Waals surface area contributed by atoms with E-state index in [4.69, 9.17) is 12.2 Å². The first-order valence-electron chi connectivity index (χ1n) is 9.65. The van der Waals surface area contributed by atoms with Crippen molar-refractivity contribution >= 4 is 23.7 Å². The molecule has 1 fully saturated rings. The minimum Gasteiger partial charge on any atom is -0.494 e. The molecule has 27 heavy (non-hydrogen) atoms. The zero-order chi connectivity index (χ0) is 19.6. The normalized spacial score (nSPS) is 16.0. The van der Waals surface area contributed by atoms with E-state index < -0.39 is 0 Å². The van der Waals surface area contributed by atoms with E-state index in [1.165, 1.54) is 23.8 Å². The van der Waals surface area contributed by atoms with Crippen molar-refractivity contribution < 1.29 is 5.11 Å². The lowest BCUT2D eigenvalue weighted by atomic mass is 9.96. The molecular weight excluding hydrogens is 362 g/mol. The number of hydrogen-bond donors (Lipinski definition) is 1. The zero-order valence-corrected chi connectivity index (χ0v) is 17.0. The van der Waals surface area contributed by atoms with Gasteiger partial charge in [-0.25, -0.2) is 9.67 Å². The highest BCUT2D eigenvalue weighted by Gasteiger charge is 2.21. The van der Waals surface area contributed by atoms with Crippen LogP contribution in [0.2, 0.25) is 0 Å². The van der Waals surface area contributed by atoms with E-state index in [0.717, 1.165) is 12.8 Å². The summed E-state index contributed by atoms with van der Waals surface area (Å²) in [5.74, 6) is 0.592. The summed E-state index contributed by atoms with van der Waals surface area (Å²) in [6.45, 7) is 6.41. The van der Waals surface area contributed by atoms with Gasteiger partial charge in [0, 0.05) is 19.2 Å². The third-order valence-electron chi connectivity index (χ3n) is 5.25. The number of aromatic nitrogens is 4. The Bertz CT molecular complexity index is 963. The van der Waals surface area contributed by atoms with Crippen LogP contribution in [0.5, 0.6) is 5.88 Å². The molecule has 2 aromatic rings. The van der Waals surface area contributed by atoms with Gasteiger partial charge in [0.25, 0.3) is 5.56 Å². The third kappa shape index (κ3) is 3.63. The highest BCUT2D eigenvalue weighted by Crippen LogP contribution is 2.31. The van der Waals surface area contributed by atoms with Gasteiger partial charge in [0.15, 0.2) is 10.6 Å². The summed E-state index contributed by atoms with van der Waals surface area (Å²) >= 11 is 5.35. The first kappa shape index (κ1) is 19.5. The fourth-order valence-corrected chi connectivity index (χ4v) is 4.23. The lowest BCUT2D eigenvalue weighted by Gasteiger charge is -2.23. The molecule has 2 aromatic heterocycles. The summed E-state index contributed by atoms with van der Waals surface area (Å²) < 4.78 is 5.33. The van der Waals surface area contributed by atoms with Crippen molar-refractivity contribution in [1.82, 2.24) is 18.9 Å². The summed E-state index contributed by atoms with van der Waals surface area (Å²) in [5, 5.41) is 15.1. The molecule has 0 radical (unpaired) electrons. The first-order chi connectivity index (χ1) is 13.0. The maximum Gasteiger partial charge on any atom is 0.267 e. The molecule has 0 unspecified atom stereocenters. The van der Waals surface area contributed by atoms with Crippen LogP contribution in [0.1, 0.15) is 64.5 Å². The van der Waals surface area contributed by atoms with E-state index in [1.807, 2.05) is 24.6 Å². The molecule has 0 amide bonds. The van der Waals surface area contributed by atoms with E-state index >= 15 is 0 Å². The minimum absolute atomic E-state index is 0.123. The number of hydrogen-bond acceptors (Lipinski definition) is 5. The number of aliphatic imine (C=N–C) groups is 1. The topological polar surface area (TPSA) is 77.3 Å². The van der Waals surface area contributed by atoms with Crippen molar-refractivity contribution in [2.24, 2.45) is 4.99 Å². The second kappa shape index (κ2) is 8.21. The molecule has 0 atom stereocenters. The Balaban J connectivity index is 2.09. The summed E-state index contributed by atoms with van der Waals surface area (Å²) in [5.41, 5.74) is 0.354. The fraction of sp³-hybridized carbons (Fsp3) is 0.579. The van der Waals surface area contributed by atoms with E-state index in [1.54, 1.807) is 17.7 Å². The summed E-state index contributed by atoms with van der Waals surface area (Å²) in [6.07, 6.45) is 7.60. The number of nitrogens with zero attached hydrogens (tertiary/aromatic N) is 5. The maximum atomic E-state index is 12.9. The molecule has 1 saturated carbocycles. The van der Waals surface area contributed by atoms with Crippen LogP contribution >= 0.6 is 12.2 Å². The maximum absolute atomic E-state index is 12.9. The largest absolute Gasteiger partial charge is 0.494 e. The van der Waals surface area contributed by atoms with Crippen LogP contribution in [0.15, 0.2) is 22.1 Å². The van der Waals surface area contributed by atoms with Crippen LogP contribution in [0, 0.1) is 4.77 Å². The molecule has 1 aliphatic carbocycles. The van der Waals surface area contributed by atoms with Gasteiger partial charge in [-0.15, -0.1) is 0 Å². The monoisotopic (exact) mass is 389 g/mol. The van der Waals surface area contributed by atoms with E-state index in [9.17, 15) is 9.90 Å². The van der Waals surface area contributed by atoms with Crippen molar-refractivity contribution in [2.45, 2.75) is 72.0 Å². The Morgan fingerprint density at radius 1 is 1.26 bits per heavy atom. The van der Waals surface area contributed by atoms with Crippen LogP contribution in [0.3, 0.4) is 0 Å². The Morgan fingerprint density at radius 3 is 2.56 bits per heavy atom. The molecule has 1 N–H and O–H groups in total. The van der Waals surface area contributed by atoms with Gasteiger partial charge in [-0.3, -0.25) is 13.9 Å². The van der Waals surface area contributed by atoms with E-state index in [2.05, 4.69) is 10.1 Å². The summed E-state index contributed by atoms with van der Waals surface area (Å²) in [6, 6.07) is 2.19. The van der Waals surface area contributed by atoms with Gasteiger partial charge in [0.1, 0.15) is 5.56 Å². The predicted molar refractivity (Wildman–Crippen MR) is 109 cm³/mol. The Hall–Kier alpha value is -2.22. The van der Waals surface area contributed by atoms with E-state index in [0.29, 0.717) is 35.4 Å². The van der Waals surface area contributed by atoms with Gasteiger partial charge in [-0.2, -0.15) is 5.10 Å². The van der Waals surface area contributed by atoms with Crippen molar-refractivity contribution in [3.8, 4) is 5.88 Å². The first-order valence-corrected chi connectivity index (χ1v) is 10.1. The summed E-state index contributed by atoms with van der Waals surface area (Å²) in [7, 11) is 0. The minimum atomic E-state index is -0.310. The SMILES string of the molecule is CCn1c(O)c(C(C)=Nc2ccnn2C2CCCCC2)c(=O)n(CC)c1=S. The highest BCUT2D eigenvalue weighted by atomic mass is 32.1. The molecule has 0 bridgehead atoms. The Morgan fingerprint density at radius 2 is 1.93 bits per heavy atom. The highest BCUT2D eigenvalue weighted by molar-refractivity contribution is 7.71. The van der Waals surface area contributed by atoms with Gasteiger partial charge in [0.2, 0.25) is 5.88 Å². The second-order valence-electron chi connectivity index (χ2n) is 6.90. The molecule has 2 heterocycles. The fourth-order valence-electron chi connectivity index (χ4n) is 3.80. The van der Waals surface area contributed by atoms with Crippen molar-refractivity contribution in [2.75, 3.05) is 0 Å². The van der Waals surface area contributed by atoms with Crippen LogP contribution in [-0.2, 0) is 13.1 Å². The molecule has 3 rings (SSSR count). The van der Waals surface area contributed by atoms with Crippen LogP contribution in [0.4, 0.5) is 5.82 Å². The van der Waals surface area contributed by atoms with Gasteiger partial charge in [-0.05, 0) is 45.8 Å². The lowest BCUT2D eigenvalue weighted by Crippen LogP contribution is -2.30. The lowest BCUT2D eigenvalue weighted by molar-refractivity contribution is 0.332. The van der Waals surface area contributed by atoms with Crippen molar-refractivity contribution in [3.05, 3.63) is 33.0 Å². The second-order valence-corrected chi connectivity index (χ2v) is 7.26.